The average molecular weight is 565 g/mol. The Kier molecular flexibility index (Phi) is 8.17. The minimum Gasteiger partial charge on any atom is -0.481 e. The Balaban J connectivity index is 2.23. The number of hydrogen-bond donors (Lipinski definition) is 2. The molecule has 14 heteroatoms. The van der Waals surface area contributed by atoms with Crippen molar-refractivity contribution in [1.82, 2.24) is 5.32 Å². The first-order valence-corrected chi connectivity index (χ1v) is 10.7. The molecule has 3 rings (SSSR count). The molecule has 208 valence electrons. The van der Waals surface area contributed by atoms with Gasteiger partial charge < -0.3 is 15.2 Å². The standard InChI is InChI=1S/C25H16F9NO4/c26-17-6-4-14(5-7-17)23(12-20(36)37,35-21(38)13-2-1-3-15(8-13)24(30,31)32)16-9-18(27)11-19(10-16)39-25(33,34)22(28)29/h1-11,22H,12H2,(H,35,38)(H,36,37)/t23-/m1/s1. The molecule has 0 bridgehead atoms. The Morgan fingerprint density at radius 3 is 2.03 bits per heavy atom. The first-order chi connectivity index (χ1) is 18.0. The highest BCUT2D eigenvalue weighted by molar-refractivity contribution is 5.95. The van der Waals surface area contributed by atoms with E-state index in [1.165, 1.54) is 0 Å². The normalized spacial score (nSPS) is 13.6. The van der Waals surface area contributed by atoms with E-state index in [0.29, 0.717) is 24.3 Å². The molecule has 3 aromatic rings. The van der Waals surface area contributed by atoms with Crippen molar-refractivity contribution in [2.45, 2.75) is 30.7 Å². The number of ether oxygens (including phenoxy) is 1. The summed E-state index contributed by atoms with van der Waals surface area (Å²) in [6.45, 7) is 0. The van der Waals surface area contributed by atoms with Crippen LogP contribution in [-0.2, 0) is 16.5 Å². The fourth-order valence-electron chi connectivity index (χ4n) is 3.69. The van der Waals surface area contributed by atoms with Crippen molar-refractivity contribution in [3.63, 3.8) is 0 Å². The summed E-state index contributed by atoms with van der Waals surface area (Å²) >= 11 is 0. The smallest absolute Gasteiger partial charge is 0.461 e. The summed E-state index contributed by atoms with van der Waals surface area (Å²) in [5.74, 6) is -6.44. The van der Waals surface area contributed by atoms with Crippen molar-refractivity contribution in [2.75, 3.05) is 0 Å². The van der Waals surface area contributed by atoms with Crippen molar-refractivity contribution in [3.05, 3.63) is 101 Å². The number of rotatable bonds is 9. The van der Waals surface area contributed by atoms with E-state index < -0.39 is 76.6 Å². The second-order valence-electron chi connectivity index (χ2n) is 8.16. The number of alkyl halides is 7. The van der Waals surface area contributed by atoms with Crippen molar-refractivity contribution >= 4 is 11.9 Å². The Morgan fingerprint density at radius 1 is 0.821 bits per heavy atom. The molecule has 0 radical (unpaired) electrons. The third kappa shape index (κ3) is 6.81. The van der Waals surface area contributed by atoms with Crippen LogP contribution in [0.5, 0.6) is 5.75 Å². The van der Waals surface area contributed by atoms with E-state index in [1.807, 2.05) is 0 Å². The second-order valence-corrected chi connectivity index (χ2v) is 8.16. The molecule has 1 atom stereocenters. The molecule has 1 amide bonds. The third-order valence-electron chi connectivity index (χ3n) is 5.40. The Bertz CT molecular complexity index is 1360. The van der Waals surface area contributed by atoms with Crippen LogP contribution >= 0.6 is 0 Å². The highest BCUT2D eigenvalue weighted by Crippen LogP contribution is 2.38. The van der Waals surface area contributed by atoms with Gasteiger partial charge in [-0.1, -0.05) is 18.2 Å². The average Bonchev–Trinajstić information content (AvgIpc) is 2.82. The van der Waals surface area contributed by atoms with Crippen LogP contribution in [0.25, 0.3) is 0 Å². The van der Waals surface area contributed by atoms with E-state index in [2.05, 4.69) is 10.1 Å². The summed E-state index contributed by atoms with van der Waals surface area (Å²) in [4.78, 5) is 25.0. The first-order valence-electron chi connectivity index (χ1n) is 10.7. The van der Waals surface area contributed by atoms with Gasteiger partial charge in [-0.05, 0) is 53.6 Å². The number of aliphatic carboxylic acids is 1. The molecule has 0 aliphatic carbocycles. The van der Waals surface area contributed by atoms with E-state index >= 15 is 0 Å². The van der Waals surface area contributed by atoms with Crippen LogP contribution in [-0.4, -0.2) is 29.5 Å². The van der Waals surface area contributed by atoms with Crippen molar-refractivity contribution < 1.29 is 58.9 Å². The number of benzene rings is 3. The molecule has 0 fully saturated rings. The molecule has 0 saturated carbocycles. The molecule has 0 heterocycles. The topological polar surface area (TPSA) is 75.6 Å². The van der Waals surface area contributed by atoms with E-state index in [0.717, 1.165) is 36.4 Å². The lowest BCUT2D eigenvalue weighted by atomic mass is 9.79. The summed E-state index contributed by atoms with van der Waals surface area (Å²) in [6.07, 6.45) is -15.5. The Labute approximate surface area is 213 Å². The van der Waals surface area contributed by atoms with Crippen LogP contribution in [0.15, 0.2) is 66.7 Å². The predicted octanol–water partition coefficient (Wildman–Crippen LogP) is 6.37. The number of carboxylic acid groups (broad SMARTS) is 1. The number of carbonyl (C=O) groups excluding carboxylic acids is 1. The maximum absolute atomic E-state index is 14.5. The van der Waals surface area contributed by atoms with Crippen LogP contribution in [0.1, 0.15) is 33.5 Å². The molecule has 39 heavy (non-hydrogen) atoms. The predicted molar refractivity (Wildman–Crippen MR) is 116 cm³/mol. The van der Waals surface area contributed by atoms with E-state index in [1.54, 1.807) is 0 Å². The summed E-state index contributed by atoms with van der Waals surface area (Å²) in [7, 11) is 0. The van der Waals surface area contributed by atoms with Gasteiger partial charge in [0.25, 0.3) is 5.91 Å². The molecule has 0 aliphatic rings. The molecule has 3 aromatic carbocycles. The SMILES string of the molecule is O=C(O)C[C@@](NC(=O)c1cccc(C(F)(F)F)c1)(c1ccc(F)cc1)c1cc(F)cc(OC(F)(F)C(F)F)c1. The van der Waals surface area contributed by atoms with Crippen molar-refractivity contribution in [1.29, 1.82) is 0 Å². The highest BCUT2D eigenvalue weighted by Gasteiger charge is 2.45. The number of amides is 1. The number of carbonyl (C=O) groups is 2. The van der Waals surface area contributed by atoms with Crippen molar-refractivity contribution in [2.24, 2.45) is 0 Å². The first kappa shape index (κ1) is 29.3. The van der Waals surface area contributed by atoms with Gasteiger partial charge in [-0.2, -0.15) is 30.7 Å². The molecular weight excluding hydrogens is 549 g/mol. The van der Waals surface area contributed by atoms with Gasteiger partial charge in [-0.15, -0.1) is 0 Å². The molecule has 5 nitrogen and oxygen atoms in total. The summed E-state index contributed by atoms with van der Waals surface area (Å²) < 4.78 is 124. The quantitative estimate of drug-likeness (QED) is 0.296. The monoisotopic (exact) mass is 565 g/mol. The van der Waals surface area contributed by atoms with Gasteiger partial charge in [0.15, 0.2) is 0 Å². The zero-order valence-electron chi connectivity index (χ0n) is 19.2. The highest BCUT2D eigenvalue weighted by atomic mass is 19.4. The summed E-state index contributed by atoms with van der Waals surface area (Å²) in [5.41, 5.74) is -5.23. The molecule has 0 aliphatic heterocycles. The molecule has 2 N–H and O–H groups in total. The number of halogens is 9. The minimum atomic E-state index is -5.10. The van der Waals surface area contributed by atoms with E-state index in [-0.39, 0.29) is 11.6 Å². The van der Waals surface area contributed by atoms with Gasteiger partial charge in [0.05, 0.1) is 12.0 Å². The Hall–Kier alpha value is -4.23. The van der Waals surface area contributed by atoms with Gasteiger partial charge >= 0.3 is 24.7 Å². The zero-order chi connectivity index (χ0) is 29.2. The molecule has 0 aromatic heterocycles. The van der Waals surface area contributed by atoms with Crippen LogP contribution in [0.3, 0.4) is 0 Å². The fourth-order valence-corrected chi connectivity index (χ4v) is 3.69. The maximum Gasteiger partial charge on any atom is 0.461 e. The number of carboxylic acids is 1. The molecule has 0 saturated heterocycles. The lowest BCUT2D eigenvalue weighted by molar-refractivity contribution is -0.253. The fraction of sp³-hybridized carbons (Fsp3) is 0.200. The minimum absolute atomic E-state index is 0.274. The van der Waals surface area contributed by atoms with Gasteiger partial charge in [0.2, 0.25) is 0 Å². The van der Waals surface area contributed by atoms with Crippen molar-refractivity contribution in [3.8, 4) is 5.75 Å². The second kappa shape index (κ2) is 10.9. The van der Waals surface area contributed by atoms with Gasteiger partial charge in [-0.3, -0.25) is 9.59 Å². The zero-order valence-corrected chi connectivity index (χ0v) is 19.2. The van der Waals surface area contributed by atoms with Crippen LogP contribution in [0, 0.1) is 11.6 Å². The Morgan fingerprint density at radius 2 is 1.46 bits per heavy atom. The van der Waals surface area contributed by atoms with Crippen LogP contribution < -0.4 is 10.1 Å². The molecular formula is C25H16F9NO4. The van der Waals surface area contributed by atoms with Crippen LogP contribution in [0.2, 0.25) is 0 Å². The number of hydrogen-bond acceptors (Lipinski definition) is 3. The van der Waals surface area contributed by atoms with Gasteiger partial charge in [0, 0.05) is 11.6 Å². The van der Waals surface area contributed by atoms with Gasteiger partial charge in [0.1, 0.15) is 22.9 Å². The molecule has 0 spiro atoms. The number of nitrogens with one attached hydrogen (secondary N) is 1. The molecule has 0 unspecified atom stereocenters. The van der Waals surface area contributed by atoms with E-state index in [9.17, 15) is 54.2 Å². The summed E-state index contributed by atoms with van der Waals surface area (Å²) in [5, 5.41) is 11.8. The maximum atomic E-state index is 14.5. The third-order valence-corrected chi connectivity index (χ3v) is 5.40. The van der Waals surface area contributed by atoms with Crippen LogP contribution in [0.4, 0.5) is 39.5 Å². The largest absolute Gasteiger partial charge is 0.481 e. The lowest BCUT2D eigenvalue weighted by Gasteiger charge is -2.35. The van der Waals surface area contributed by atoms with Gasteiger partial charge in [-0.25, -0.2) is 8.78 Å². The van der Waals surface area contributed by atoms with E-state index in [4.69, 9.17) is 0 Å². The lowest BCUT2D eigenvalue weighted by Crippen LogP contribution is -2.48. The summed E-state index contributed by atoms with van der Waals surface area (Å²) in [6, 6.07) is 7.82.